The maximum atomic E-state index is 13.9. The summed E-state index contributed by atoms with van der Waals surface area (Å²) in [6, 6.07) is 16.2. The number of ether oxygens (including phenoxy) is 1. The molecule has 222 valence electrons. The molecule has 0 aliphatic carbocycles. The Bertz CT molecular complexity index is 1400. The Kier molecular flexibility index (Phi) is 11.8. The molecule has 0 aromatic heterocycles. The predicted octanol–water partition coefficient (Wildman–Crippen LogP) is 3.43. The highest BCUT2D eigenvalue weighted by atomic mass is 32.2. The highest BCUT2D eigenvalue weighted by molar-refractivity contribution is 7.92. The first-order valence-electron chi connectivity index (χ1n) is 13.3. The molecule has 3 aromatic carbocycles. The number of nitrogens with zero attached hydrogens (tertiary/aromatic N) is 1. The molecule has 0 aliphatic rings. The van der Waals surface area contributed by atoms with Crippen LogP contribution in [-0.2, 0) is 34.1 Å². The van der Waals surface area contributed by atoms with Crippen molar-refractivity contribution in [2.45, 2.75) is 38.5 Å². The topological polar surface area (TPSA) is 108 Å². The van der Waals surface area contributed by atoms with Crippen LogP contribution in [-0.4, -0.2) is 64.6 Å². The van der Waals surface area contributed by atoms with Gasteiger partial charge in [0, 0.05) is 31.8 Å². The summed E-state index contributed by atoms with van der Waals surface area (Å²) in [7, 11) is -2.20. The molecule has 3 rings (SSSR count). The Balaban J connectivity index is 1.79. The van der Waals surface area contributed by atoms with E-state index in [0.717, 1.165) is 40.7 Å². The summed E-state index contributed by atoms with van der Waals surface area (Å²) in [6.07, 6.45) is 0.796. The van der Waals surface area contributed by atoms with Crippen LogP contribution in [0.1, 0.15) is 34.0 Å². The third-order valence-corrected chi connectivity index (χ3v) is 7.73. The Morgan fingerprint density at radius 1 is 1.00 bits per heavy atom. The van der Waals surface area contributed by atoms with Gasteiger partial charge in [-0.3, -0.25) is 9.10 Å². The number of halogens is 2. The molecule has 8 nitrogen and oxygen atoms in total. The van der Waals surface area contributed by atoms with Gasteiger partial charge >= 0.3 is 0 Å². The van der Waals surface area contributed by atoms with Gasteiger partial charge in [0.25, 0.3) is 5.91 Å². The van der Waals surface area contributed by atoms with Crippen LogP contribution in [0.4, 0.5) is 14.5 Å². The van der Waals surface area contributed by atoms with E-state index in [1.165, 1.54) is 24.8 Å². The van der Waals surface area contributed by atoms with Gasteiger partial charge in [0.1, 0.15) is 11.6 Å². The summed E-state index contributed by atoms with van der Waals surface area (Å²) in [5.74, 6) is -2.11. The summed E-state index contributed by atoms with van der Waals surface area (Å²) in [5, 5.41) is 17.0. The number of hydrogen-bond acceptors (Lipinski definition) is 6. The Morgan fingerprint density at radius 3 is 2.34 bits per heavy atom. The second kappa shape index (κ2) is 15.0. The van der Waals surface area contributed by atoms with Crippen LogP contribution in [0.2, 0.25) is 0 Å². The lowest BCUT2D eigenvalue weighted by atomic mass is 10.00. The van der Waals surface area contributed by atoms with Crippen LogP contribution in [0.25, 0.3) is 0 Å². The second-order valence-corrected chi connectivity index (χ2v) is 11.7. The molecule has 3 N–H and O–H groups in total. The number of methoxy groups -OCH3 is 1. The maximum absolute atomic E-state index is 13.9. The summed E-state index contributed by atoms with van der Waals surface area (Å²) >= 11 is 0. The van der Waals surface area contributed by atoms with Crippen LogP contribution in [0.15, 0.2) is 66.7 Å². The minimum atomic E-state index is -3.65. The van der Waals surface area contributed by atoms with Crippen LogP contribution in [0.5, 0.6) is 0 Å². The highest BCUT2D eigenvalue weighted by Gasteiger charge is 2.24. The average molecular weight is 590 g/mol. The number of sulfonamides is 1. The second-order valence-electron chi connectivity index (χ2n) is 9.81. The summed E-state index contributed by atoms with van der Waals surface area (Å²) in [4.78, 5) is 13.3. The molecule has 3 aromatic rings. The Hall–Kier alpha value is -3.38. The molecule has 11 heteroatoms. The van der Waals surface area contributed by atoms with Crippen molar-refractivity contribution in [3.8, 4) is 0 Å². The monoisotopic (exact) mass is 589 g/mol. The largest absolute Gasteiger partial charge is 0.390 e. The van der Waals surface area contributed by atoms with Crippen molar-refractivity contribution in [1.82, 2.24) is 10.6 Å². The SMILES string of the molecule is CCc1cccc(CNC[C@H](O)[C@H](Cc2cc(F)cc(F)c2)NC(=O)c2cccc(N(CCOC)S(C)(=O)=O)c2)c1. The molecule has 41 heavy (non-hydrogen) atoms. The quantitative estimate of drug-likeness (QED) is 0.251. The molecule has 1 amide bonds. The van der Waals surface area contributed by atoms with E-state index in [9.17, 15) is 27.1 Å². The number of rotatable bonds is 15. The molecule has 0 radical (unpaired) electrons. The van der Waals surface area contributed by atoms with Gasteiger partial charge in [-0.25, -0.2) is 17.2 Å². The number of amides is 1. The Morgan fingerprint density at radius 2 is 1.68 bits per heavy atom. The van der Waals surface area contributed by atoms with E-state index >= 15 is 0 Å². The number of carbonyl (C=O) groups is 1. The van der Waals surface area contributed by atoms with Gasteiger partial charge in [0.2, 0.25) is 10.0 Å². The Labute approximate surface area is 240 Å². The zero-order valence-corrected chi connectivity index (χ0v) is 24.3. The highest BCUT2D eigenvalue weighted by Crippen LogP contribution is 2.20. The number of carbonyl (C=O) groups excluding carboxylic acids is 1. The minimum Gasteiger partial charge on any atom is -0.390 e. The van der Waals surface area contributed by atoms with Crippen molar-refractivity contribution in [3.05, 3.63) is 101 Å². The first-order chi connectivity index (χ1) is 19.5. The third kappa shape index (κ3) is 9.89. The molecular formula is C30H37F2N3O5S. The maximum Gasteiger partial charge on any atom is 0.251 e. The molecule has 0 aliphatic heterocycles. The number of aliphatic hydroxyl groups excluding tert-OH is 1. The summed E-state index contributed by atoms with van der Waals surface area (Å²) < 4.78 is 58.7. The first-order valence-corrected chi connectivity index (χ1v) is 15.1. The molecule has 0 fully saturated rings. The normalized spacial score (nSPS) is 13.0. The van der Waals surface area contributed by atoms with Crippen LogP contribution in [0, 0.1) is 11.6 Å². The number of hydrogen-bond donors (Lipinski definition) is 3. The number of aryl methyl sites for hydroxylation is 1. The van der Waals surface area contributed by atoms with Crippen LogP contribution >= 0.6 is 0 Å². The van der Waals surface area contributed by atoms with E-state index in [-0.39, 0.29) is 42.9 Å². The van der Waals surface area contributed by atoms with Crippen LogP contribution in [0.3, 0.4) is 0 Å². The number of anilines is 1. The third-order valence-electron chi connectivity index (χ3n) is 6.54. The lowest BCUT2D eigenvalue weighted by molar-refractivity contribution is 0.0830. The predicted molar refractivity (Wildman–Crippen MR) is 155 cm³/mol. The van der Waals surface area contributed by atoms with Gasteiger partial charge in [-0.2, -0.15) is 0 Å². The summed E-state index contributed by atoms with van der Waals surface area (Å²) in [6.45, 7) is 2.84. The first kappa shape index (κ1) is 32.1. The molecule has 0 bridgehead atoms. The molecule has 0 saturated heterocycles. The zero-order chi connectivity index (χ0) is 30.0. The van der Waals surface area contributed by atoms with E-state index in [1.807, 2.05) is 18.2 Å². The fraction of sp³-hybridized carbons (Fsp3) is 0.367. The van der Waals surface area contributed by atoms with Crippen LogP contribution < -0.4 is 14.9 Å². The van der Waals surface area contributed by atoms with Gasteiger partial charge in [0.05, 0.1) is 37.2 Å². The molecule has 0 saturated carbocycles. The fourth-order valence-electron chi connectivity index (χ4n) is 4.45. The van der Waals surface area contributed by atoms with Gasteiger partial charge in [-0.1, -0.05) is 37.3 Å². The van der Waals surface area contributed by atoms with Gasteiger partial charge in [-0.05, 0) is 59.9 Å². The van der Waals surface area contributed by atoms with Crippen molar-refractivity contribution in [2.75, 3.05) is 37.4 Å². The molecule has 0 unspecified atom stereocenters. The van der Waals surface area contributed by atoms with E-state index in [1.54, 1.807) is 12.1 Å². The fourth-order valence-corrected chi connectivity index (χ4v) is 5.35. The lowest BCUT2D eigenvalue weighted by Crippen LogP contribution is -2.48. The molecule has 0 spiro atoms. The number of nitrogens with one attached hydrogen (secondary N) is 2. The van der Waals surface area contributed by atoms with Crippen molar-refractivity contribution in [2.24, 2.45) is 0 Å². The standard InChI is InChI=1S/C30H37F2N3O5S/c1-4-21-7-5-8-22(13-21)19-33-20-29(36)28(16-23-14-25(31)18-26(32)15-23)34-30(37)24-9-6-10-27(17-24)35(11-12-40-2)41(3,38)39/h5-10,13-15,17-18,28-29,33,36H,4,11-12,16,19-20H2,1-3H3,(H,34,37)/t28-,29-/m0/s1. The number of aliphatic hydroxyl groups is 1. The molecular weight excluding hydrogens is 552 g/mol. The van der Waals surface area contributed by atoms with Crippen molar-refractivity contribution in [1.29, 1.82) is 0 Å². The van der Waals surface area contributed by atoms with Crippen molar-refractivity contribution in [3.63, 3.8) is 0 Å². The van der Waals surface area contributed by atoms with Gasteiger partial charge in [-0.15, -0.1) is 0 Å². The zero-order valence-electron chi connectivity index (χ0n) is 23.4. The van der Waals surface area contributed by atoms with E-state index in [2.05, 4.69) is 23.6 Å². The van der Waals surface area contributed by atoms with E-state index < -0.39 is 39.7 Å². The minimum absolute atomic E-state index is 0.0441. The van der Waals surface area contributed by atoms with E-state index in [0.29, 0.717) is 6.54 Å². The van der Waals surface area contributed by atoms with E-state index in [4.69, 9.17) is 4.74 Å². The lowest BCUT2D eigenvalue weighted by Gasteiger charge is -2.26. The van der Waals surface area contributed by atoms with Gasteiger partial charge in [0.15, 0.2) is 0 Å². The average Bonchev–Trinajstić information content (AvgIpc) is 2.92. The molecule has 0 heterocycles. The molecule has 2 atom stereocenters. The smallest absolute Gasteiger partial charge is 0.251 e. The van der Waals surface area contributed by atoms with Crippen molar-refractivity contribution >= 4 is 21.6 Å². The summed E-state index contributed by atoms with van der Waals surface area (Å²) in [5.41, 5.74) is 2.91. The van der Waals surface area contributed by atoms with Crippen molar-refractivity contribution < 1.29 is 31.8 Å². The number of benzene rings is 3. The van der Waals surface area contributed by atoms with Gasteiger partial charge < -0.3 is 20.5 Å².